The third-order valence-electron chi connectivity index (χ3n) is 14.2. The van der Waals surface area contributed by atoms with Crippen LogP contribution in [0.4, 0.5) is 0 Å². The molecule has 0 unspecified atom stereocenters. The number of allylic oxidation sites excluding steroid dienone is 8. The fraction of sp³-hybridized carbons (Fsp3) is 0.582. The van der Waals surface area contributed by atoms with Gasteiger partial charge in [-0.15, -0.1) is 0 Å². The zero-order valence-corrected chi connectivity index (χ0v) is 42.0. The third kappa shape index (κ3) is 12.2. The number of aromatic hydroxyl groups is 2. The maximum absolute atomic E-state index is 14.3. The standard InChI is InChI=1S/C55H76N2O11/c1-10-66-49(62)33-65-32-38(57-31-44-40(53(57)64)27-46(59)42-29-48(61)55(9,68-51(42)44)24-14-21-37(7)19-12-17-35(4)5)22-15-25-56-30-43-39(52(56)63)26-45(58)41-28-47(60)54(8,67-50(41)43)23-13-20-36(6)18-11-16-34(2)3/h16-17,20-21,26-27,38,47-48,58-61H,10-15,18-19,22-25,28-33H2,1-9H3/b36-20+,37-21+/t38-,47-,48-,54+,55+/m0/s1. The van der Waals surface area contributed by atoms with Crippen molar-refractivity contribution in [3.63, 3.8) is 0 Å². The molecule has 0 saturated carbocycles. The van der Waals surface area contributed by atoms with Crippen LogP contribution in [-0.2, 0) is 40.2 Å². The molecule has 2 amide bonds. The molecule has 13 heteroatoms. The zero-order valence-electron chi connectivity index (χ0n) is 42.0. The van der Waals surface area contributed by atoms with E-state index < -0.39 is 35.4 Å². The van der Waals surface area contributed by atoms with E-state index in [1.807, 2.05) is 13.8 Å². The van der Waals surface area contributed by atoms with E-state index in [0.717, 1.165) is 25.7 Å². The maximum Gasteiger partial charge on any atom is 0.332 e. The van der Waals surface area contributed by atoms with Gasteiger partial charge >= 0.3 is 5.97 Å². The van der Waals surface area contributed by atoms with Gasteiger partial charge in [-0.05, 0) is 139 Å². The Morgan fingerprint density at radius 1 is 0.750 bits per heavy atom. The fourth-order valence-corrected chi connectivity index (χ4v) is 9.88. The normalized spacial score (nSPS) is 22.5. The summed E-state index contributed by atoms with van der Waals surface area (Å²) in [5, 5.41) is 45.1. The summed E-state index contributed by atoms with van der Waals surface area (Å²) in [7, 11) is 0. The van der Waals surface area contributed by atoms with E-state index in [2.05, 4.69) is 65.8 Å². The van der Waals surface area contributed by atoms with Crippen molar-refractivity contribution < 1.29 is 53.8 Å². The van der Waals surface area contributed by atoms with Crippen LogP contribution in [0.3, 0.4) is 0 Å². The average Bonchev–Trinajstić information content (AvgIpc) is 3.76. The van der Waals surface area contributed by atoms with Gasteiger partial charge in [-0.1, -0.05) is 46.6 Å². The van der Waals surface area contributed by atoms with Crippen LogP contribution < -0.4 is 9.47 Å². The molecule has 2 aromatic carbocycles. The van der Waals surface area contributed by atoms with E-state index in [4.69, 9.17) is 18.9 Å². The fourth-order valence-electron chi connectivity index (χ4n) is 9.88. The van der Waals surface area contributed by atoms with Crippen molar-refractivity contribution >= 4 is 17.8 Å². The van der Waals surface area contributed by atoms with Crippen molar-refractivity contribution in [3.05, 3.63) is 92.1 Å². The number of hydrogen-bond donors (Lipinski definition) is 4. The first-order valence-electron chi connectivity index (χ1n) is 24.7. The Balaban J connectivity index is 1.15. The predicted octanol–water partition coefficient (Wildman–Crippen LogP) is 9.49. The van der Waals surface area contributed by atoms with Gasteiger partial charge in [-0.25, -0.2) is 4.79 Å². The van der Waals surface area contributed by atoms with Crippen LogP contribution in [0.1, 0.15) is 169 Å². The highest BCUT2D eigenvalue weighted by Crippen LogP contribution is 2.48. The average molecular weight is 941 g/mol. The van der Waals surface area contributed by atoms with Crippen LogP contribution >= 0.6 is 0 Å². The Labute approximate surface area is 403 Å². The molecule has 0 spiro atoms. The second kappa shape index (κ2) is 22.5. The number of carbonyl (C=O) groups excluding carboxylic acids is 3. The Morgan fingerprint density at radius 2 is 1.25 bits per heavy atom. The first kappa shape index (κ1) is 52.3. The van der Waals surface area contributed by atoms with Crippen LogP contribution in [0.25, 0.3) is 0 Å². The molecule has 4 N–H and O–H groups in total. The summed E-state index contributed by atoms with van der Waals surface area (Å²) in [5.41, 5.74) is 6.15. The van der Waals surface area contributed by atoms with Crippen LogP contribution in [0.15, 0.2) is 58.7 Å². The number of fused-ring (bicyclic) bond motifs is 6. The maximum atomic E-state index is 14.3. The number of ether oxygens (including phenoxy) is 4. The van der Waals surface area contributed by atoms with Crippen molar-refractivity contribution in [1.29, 1.82) is 0 Å². The molecule has 68 heavy (non-hydrogen) atoms. The van der Waals surface area contributed by atoms with Gasteiger partial charge in [-0.3, -0.25) is 9.59 Å². The van der Waals surface area contributed by atoms with Crippen molar-refractivity contribution in [2.24, 2.45) is 0 Å². The molecule has 0 bridgehead atoms. The summed E-state index contributed by atoms with van der Waals surface area (Å²) >= 11 is 0. The largest absolute Gasteiger partial charge is 0.508 e. The van der Waals surface area contributed by atoms with Gasteiger partial charge in [0.1, 0.15) is 40.8 Å². The monoisotopic (exact) mass is 941 g/mol. The first-order valence-corrected chi connectivity index (χ1v) is 24.7. The minimum Gasteiger partial charge on any atom is -0.508 e. The quantitative estimate of drug-likeness (QED) is 0.0654. The van der Waals surface area contributed by atoms with Gasteiger partial charge in [0.05, 0.1) is 55.7 Å². The summed E-state index contributed by atoms with van der Waals surface area (Å²) in [5.74, 6) is -0.417. The molecule has 0 aliphatic carbocycles. The number of phenolic OH excluding ortho intramolecular Hbond substituents is 2. The van der Waals surface area contributed by atoms with E-state index in [0.29, 0.717) is 89.9 Å². The summed E-state index contributed by atoms with van der Waals surface area (Å²) in [6, 6.07) is 2.40. The van der Waals surface area contributed by atoms with E-state index in [-0.39, 0.29) is 69.1 Å². The summed E-state index contributed by atoms with van der Waals surface area (Å²) in [4.78, 5) is 44.0. The molecule has 13 nitrogen and oxygen atoms in total. The Bertz CT molecular complexity index is 2320. The molecule has 0 aromatic heterocycles. The van der Waals surface area contributed by atoms with E-state index in [1.54, 1.807) is 16.7 Å². The highest BCUT2D eigenvalue weighted by molar-refractivity contribution is 6.01. The SMILES string of the molecule is CCOC(=O)COC[C@H](CCCN1Cc2c(cc(O)c3c2O[C@](C)(CC/C=C(\C)CCC=C(C)C)[C@@H](O)C3)C1=O)N1Cc2c(cc(O)c3c2O[C@](C)(CC/C=C(\C)CCC=C(C)C)[C@@H](O)C3)C1=O. The van der Waals surface area contributed by atoms with Crippen molar-refractivity contribution in [1.82, 2.24) is 9.80 Å². The molecule has 372 valence electrons. The Kier molecular flexibility index (Phi) is 17.3. The number of amides is 2. The van der Waals surface area contributed by atoms with Crippen LogP contribution in [0.5, 0.6) is 23.0 Å². The highest BCUT2D eigenvalue weighted by Gasteiger charge is 2.46. The lowest BCUT2D eigenvalue weighted by molar-refractivity contribution is -0.149. The molecular formula is C55H76N2O11. The summed E-state index contributed by atoms with van der Waals surface area (Å²) < 4.78 is 24.3. The first-order chi connectivity index (χ1) is 32.2. The van der Waals surface area contributed by atoms with Crippen molar-refractivity contribution in [3.8, 4) is 23.0 Å². The van der Waals surface area contributed by atoms with Gasteiger partial charge in [0.2, 0.25) is 0 Å². The lowest BCUT2D eigenvalue weighted by atomic mass is 9.84. The van der Waals surface area contributed by atoms with Crippen LogP contribution in [0.2, 0.25) is 0 Å². The number of rotatable bonds is 22. The number of aliphatic hydroxyl groups excluding tert-OH is 2. The molecule has 0 fully saturated rings. The number of carbonyl (C=O) groups is 3. The number of esters is 1. The Morgan fingerprint density at radius 3 is 1.75 bits per heavy atom. The van der Waals surface area contributed by atoms with E-state index in [9.17, 15) is 34.8 Å². The number of benzene rings is 2. The van der Waals surface area contributed by atoms with E-state index in [1.165, 1.54) is 34.4 Å². The predicted molar refractivity (Wildman–Crippen MR) is 262 cm³/mol. The third-order valence-corrected chi connectivity index (χ3v) is 14.2. The van der Waals surface area contributed by atoms with Crippen molar-refractivity contribution in [2.75, 3.05) is 26.4 Å². The van der Waals surface area contributed by atoms with Crippen molar-refractivity contribution in [2.45, 2.75) is 182 Å². The molecule has 0 saturated heterocycles. The molecular weight excluding hydrogens is 865 g/mol. The molecule has 5 atom stereocenters. The van der Waals surface area contributed by atoms with Gasteiger partial charge in [-0.2, -0.15) is 0 Å². The molecule has 4 heterocycles. The minimum absolute atomic E-state index is 0.0117. The molecule has 0 radical (unpaired) electrons. The van der Waals surface area contributed by atoms with Crippen LogP contribution in [-0.4, -0.2) is 104 Å². The minimum atomic E-state index is -0.967. The van der Waals surface area contributed by atoms with Crippen LogP contribution in [0, 0.1) is 0 Å². The highest BCUT2D eigenvalue weighted by atomic mass is 16.6. The molecule has 6 rings (SSSR count). The number of hydrogen-bond acceptors (Lipinski definition) is 11. The smallest absolute Gasteiger partial charge is 0.332 e. The van der Waals surface area contributed by atoms with Gasteiger partial charge in [0.25, 0.3) is 11.8 Å². The number of phenols is 2. The lowest BCUT2D eigenvalue weighted by Gasteiger charge is -2.41. The summed E-state index contributed by atoms with van der Waals surface area (Å²) in [6.07, 6.45) is 14.6. The number of nitrogens with zero attached hydrogens (tertiary/aromatic N) is 2. The second-order valence-electron chi connectivity index (χ2n) is 20.3. The topological polar surface area (TPSA) is 176 Å². The zero-order chi connectivity index (χ0) is 49.5. The second-order valence-corrected chi connectivity index (χ2v) is 20.3. The Hall–Kier alpha value is -5.11. The molecule has 4 aliphatic rings. The van der Waals surface area contributed by atoms with Gasteiger partial charge < -0.3 is 49.2 Å². The van der Waals surface area contributed by atoms with Gasteiger partial charge in [0, 0.05) is 41.6 Å². The number of aliphatic hydroxyl groups is 2. The lowest BCUT2D eigenvalue weighted by Crippen LogP contribution is -2.49. The van der Waals surface area contributed by atoms with Gasteiger partial charge in [0.15, 0.2) is 0 Å². The molecule has 4 aliphatic heterocycles. The molecule has 2 aromatic rings. The van der Waals surface area contributed by atoms with E-state index >= 15 is 0 Å². The summed E-state index contributed by atoms with van der Waals surface area (Å²) in [6.45, 7) is 18.7.